The molecule has 1 aromatic carbocycles. The van der Waals surface area contributed by atoms with Gasteiger partial charge in [0.1, 0.15) is 5.75 Å². The number of aliphatic hydroxyl groups excluding tert-OH is 2. The molecular formula is C12H17BrO3. The van der Waals surface area contributed by atoms with E-state index in [2.05, 4.69) is 15.9 Å². The molecule has 0 bridgehead atoms. The zero-order chi connectivity index (χ0) is 12.0. The van der Waals surface area contributed by atoms with Crippen molar-refractivity contribution in [3.05, 3.63) is 28.7 Å². The summed E-state index contributed by atoms with van der Waals surface area (Å²) in [5.74, 6) is 0.793. The van der Waals surface area contributed by atoms with Crippen molar-refractivity contribution in [3.8, 4) is 5.75 Å². The van der Waals surface area contributed by atoms with E-state index in [1.165, 1.54) is 0 Å². The van der Waals surface area contributed by atoms with Crippen LogP contribution in [0.4, 0.5) is 0 Å². The molecule has 0 aliphatic heterocycles. The molecule has 16 heavy (non-hydrogen) atoms. The second kappa shape index (κ2) is 6.23. The first kappa shape index (κ1) is 13.5. The van der Waals surface area contributed by atoms with Gasteiger partial charge in [-0.05, 0) is 30.7 Å². The van der Waals surface area contributed by atoms with Crippen molar-refractivity contribution in [1.29, 1.82) is 0 Å². The Labute approximate surface area is 104 Å². The first-order valence-corrected chi connectivity index (χ1v) is 5.99. The van der Waals surface area contributed by atoms with Gasteiger partial charge >= 0.3 is 0 Å². The molecule has 4 heteroatoms. The molecule has 3 nitrogen and oxygen atoms in total. The van der Waals surface area contributed by atoms with Gasteiger partial charge in [0.25, 0.3) is 0 Å². The lowest BCUT2D eigenvalue weighted by atomic mass is 9.89. The highest BCUT2D eigenvalue weighted by atomic mass is 79.9. The zero-order valence-electron chi connectivity index (χ0n) is 9.32. The summed E-state index contributed by atoms with van der Waals surface area (Å²) < 4.78 is 6.53. The molecule has 1 aromatic rings. The van der Waals surface area contributed by atoms with Gasteiger partial charge in [0.2, 0.25) is 0 Å². The molecule has 0 spiro atoms. The summed E-state index contributed by atoms with van der Waals surface area (Å²) in [4.78, 5) is 0. The molecule has 0 unspecified atom stereocenters. The van der Waals surface area contributed by atoms with Crippen molar-refractivity contribution < 1.29 is 14.9 Å². The topological polar surface area (TPSA) is 49.7 Å². The Morgan fingerprint density at radius 2 is 1.75 bits per heavy atom. The molecule has 0 saturated heterocycles. The van der Waals surface area contributed by atoms with E-state index in [9.17, 15) is 0 Å². The fraction of sp³-hybridized carbons (Fsp3) is 0.500. The van der Waals surface area contributed by atoms with Crippen LogP contribution in [0.3, 0.4) is 0 Å². The fourth-order valence-corrected chi connectivity index (χ4v) is 1.42. The lowest BCUT2D eigenvalue weighted by molar-refractivity contribution is 0.0505. The highest BCUT2D eigenvalue weighted by Crippen LogP contribution is 2.21. The fourth-order valence-electron chi connectivity index (χ4n) is 1.15. The minimum absolute atomic E-state index is 0.0345. The van der Waals surface area contributed by atoms with E-state index in [1.807, 2.05) is 31.2 Å². The van der Waals surface area contributed by atoms with Crippen LogP contribution in [0.25, 0.3) is 0 Å². The molecule has 1 rings (SSSR count). The van der Waals surface area contributed by atoms with Crippen molar-refractivity contribution in [1.82, 2.24) is 0 Å². The van der Waals surface area contributed by atoms with Crippen LogP contribution in [0.2, 0.25) is 0 Å². The molecule has 0 aliphatic carbocycles. The molecule has 0 aromatic heterocycles. The van der Waals surface area contributed by atoms with Crippen LogP contribution in [0, 0.1) is 5.41 Å². The average Bonchev–Trinajstić information content (AvgIpc) is 2.31. The number of rotatable bonds is 6. The van der Waals surface area contributed by atoms with Gasteiger partial charge in [0, 0.05) is 9.89 Å². The Bertz CT molecular complexity index is 307. The zero-order valence-corrected chi connectivity index (χ0v) is 10.9. The second-order valence-electron chi connectivity index (χ2n) is 4.18. The first-order valence-electron chi connectivity index (χ1n) is 5.20. The molecule has 0 heterocycles. The Kier molecular flexibility index (Phi) is 5.25. The summed E-state index contributed by atoms with van der Waals surface area (Å²) in [6.45, 7) is 2.25. The predicted octanol–water partition coefficient (Wildman–Crippen LogP) is 2.21. The van der Waals surface area contributed by atoms with Gasteiger partial charge in [-0.15, -0.1) is 0 Å². The summed E-state index contributed by atoms with van der Waals surface area (Å²) in [7, 11) is 0. The Morgan fingerprint density at radius 3 is 2.25 bits per heavy atom. The summed E-state index contributed by atoms with van der Waals surface area (Å²) in [6.07, 6.45) is 0.621. The third-order valence-corrected chi connectivity index (χ3v) is 3.08. The maximum absolute atomic E-state index is 9.10. The van der Waals surface area contributed by atoms with Crippen LogP contribution in [0.5, 0.6) is 5.75 Å². The molecule has 0 fully saturated rings. The van der Waals surface area contributed by atoms with Gasteiger partial charge in [-0.2, -0.15) is 0 Å². The summed E-state index contributed by atoms with van der Waals surface area (Å²) in [5.41, 5.74) is -0.463. The van der Waals surface area contributed by atoms with Crippen LogP contribution in [-0.4, -0.2) is 30.0 Å². The van der Waals surface area contributed by atoms with E-state index in [0.717, 1.165) is 10.2 Å². The average molecular weight is 289 g/mol. The first-order chi connectivity index (χ1) is 7.59. The van der Waals surface area contributed by atoms with Crippen LogP contribution < -0.4 is 4.74 Å². The highest BCUT2D eigenvalue weighted by molar-refractivity contribution is 9.10. The maximum Gasteiger partial charge on any atom is 0.119 e. The maximum atomic E-state index is 9.10. The molecule has 0 atom stereocenters. The number of hydrogen-bond donors (Lipinski definition) is 2. The summed E-state index contributed by atoms with van der Waals surface area (Å²) >= 11 is 3.35. The van der Waals surface area contributed by atoms with Crippen LogP contribution in [-0.2, 0) is 0 Å². The van der Waals surface area contributed by atoms with Gasteiger partial charge in [-0.3, -0.25) is 0 Å². The molecule has 2 N–H and O–H groups in total. The number of ether oxygens (including phenoxy) is 1. The van der Waals surface area contributed by atoms with E-state index in [1.54, 1.807) is 0 Å². The van der Waals surface area contributed by atoms with E-state index < -0.39 is 5.41 Å². The number of benzene rings is 1. The van der Waals surface area contributed by atoms with Gasteiger partial charge < -0.3 is 14.9 Å². The summed E-state index contributed by atoms with van der Waals surface area (Å²) in [5, 5.41) is 18.2. The van der Waals surface area contributed by atoms with E-state index in [0.29, 0.717) is 13.0 Å². The smallest absolute Gasteiger partial charge is 0.119 e. The minimum atomic E-state index is -0.463. The second-order valence-corrected chi connectivity index (χ2v) is 5.09. The molecular weight excluding hydrogens is 272 g/mol. The van der Waals surface area contributed by atoms with Crippen LogP contribution >= 0.6 is 15.9 Å². The van der Waals surface area contributed by atoms with Gasteiger partial charge in [-0.25, -0.2) is 0 Å². The van der Waals surface area contributed by atoms with E-state index in [-0.39, 0.29) is 13.2 Å². The number of aliphatic hydroxyl groups is 2. The van der Waals surface area contributed by atoms with Gasteiger partial charge in [0.05, 0.1) is 19.8 Å². The lowest BCUT2D eigenvalue weighted by Crippen LogP contribution is -2.28. The lowest BCUT2D eigenvalue weighted by Gasteiger charge is -2.24. The molecule has 0 radical (unpaired) electrons. The SMILES string of the molecule is CC(CO)(CO)CCOc1ccc(Br)cc1. The number of hydrogen-bond acceptors (Lipinski definition) is 3. The van der Waals surface area contributed by atoms with E-state index >= 15 is 0 Å². The molecule has 0 saturated carbocycles. The number of halogens is 1. The Hall–Kier alpha value is -0.580. The van der Waals surface area contributed by atoms with Gasteiger partial charge in [0.15, 0.2) is 0 Å². The largest absolute Gasteiger partial charge is 0.494 e. The third kappa shape index (κ3) is 4.12. The van der Waals surface area contributed by atoms with Crippen molar-refractivity contribution in [2.24, 2.45) is 5.41 Å². The standard InChI is InChI=1S/C12H17BrO3/c1-12(8-14,9-15)6-7-16-11-4-2-10(13)3-5-11/h2-5,14-15H,6-9H2,1H3. The quantitative estimate of drug-likeness (QED) is 0.844. The molecule has 90 valence electrons. The van der Waals surface area contributed by atoms with Crippen molar-refractivity contribution >= 4 is 15.9 Å². The van der Waals surface area contributed by atoms with Crippen molar-refractivity contribution in [2.75, 3.05) is 19.8 Å². The van der Waals surface area contributed by atoms with Crippen molar-refractivity contribution in [2.45, 2.75) is 13.3 Å². The van der Waals surface area contributed by atoms with E-state index in [4.69, 9.17) is 14.9 Å². The third-order valence-electron chi connectivity index (χ3n) is 2.55. The van der Waals surface area contributed by atoms with Crippen LogP contribution in [0.1, 0.15) is 13.3 Å². The Balaban J connectivity index is 2.38. The van der Waals surface area contributed by atoms with Crippen LogP contribution in [0.15, 0.2) is 28.7 Å². The van der Waals surface area contributed by atoms with Crippen molar-refractivity contribution in [3.63, 3.8) is 0 Å². The Morgan fingerprint density at radius 1 is 1.19 bits per heavy atom. The minimum Gasteiger partial charge on any atom is -0.494 e. The van der Waals surface area contributed by atoms with Gasteiger partial charge in [-0.1, -0.05) is 22.9 Å². The molecule has 0 aliphatic rings. The monoisotopic (exact) mass is 288 g/mol. The highest BCUT2D eigenvalue weighted by Gasteiger charge is 2.22. The summed E-state index contributed by atoms with van der Waals surface area (Å²) in [6, 6.07) is 7.57. The normalized spacial score (nSPS) is 11.5. The predicted molar refractivity (Wildman–Crippen MR) is 66.5 cm³/mol. The molecule has 0 amide bonds.